The molecule has 11 nitrogen and oxygen atoms in total. The summed E-state index contributed by atoms with van der Waals surface area (Å²) in [5.74, 6) is -6.48. The lowest BCUT2D eigenvalue weighted by atomic mass is 9.57. The highest BCUT2D eigenvalue weighted by Gasteiger charge is 2.64. The number of likely N-dealkylation sites (N-methyl/N-ethyl adjacent to an activating group) is 1. The second kappa shape index (κ2) is 9.96. The number of nitrogens with zero attached hydrogens (tertiary/aromatic N) is 3. The van der Waals surface area contributed by atoms with E-state index in [2.05, 4.69) is 4.90 Å². The Hall–Kier alpha value is -3.41. The van der Waals surface area contributed by atoms with Gasteiger partial charge in [0.15, 0.2) is 11.4 Å². The zero-order valence-electron chi connectivity index (χ0n) is 23.3. The smallest absolute Gasteiger partial charge is 0.255 e. The minimum atomic E-state index is -2.65. The minimum absolute atomic E-state index is 0.0561. The Morgan fingerprint density at radius 3 is 2.23 bits per heavy atom. The van der Waals surface area contributed by atoms with E-state index in [0.717, 1.165) is 18.8 Å². The van der Waals surface area contributed by atoms with Crippen molar-refractivity contribution in [2.75, 3.05) is 46.2 Å². The Morgan fingerprint density at radius 1 is 1.10 bits per heavy atom. The van der Waals surface area contributed by atoms with Crippen LogP contribution in [0, 0.1) is 11.8 Å². The van der Waals surface area contributed by atoms with Gasteiger partial charge in [0.2, 0.25) is 5.78 Å². The molecule has 0 heterocycles. The third-order valence-corrected chi connectivity index (χ3v) is 8.55. The third-order valence-electron chi connectivity index (χ3n) is 8.55. The fraction of sp³-hybridized carbons (Fsp3) is 0.536. The van der Waals surface area contributed by atoms with E-state index < -0.39 is 58.0 Å². The van der Waals surface area contributed by atoms with Crippen LogP contribution in [-0.4, -0.2) is 101 Å². The lowest BCUT2D eigenvalue weighted by molar-refractivity contribution is -0.153. The first-order chi connectivity index (χ1) is 18.2. The second-order valence-electron chi connectivity index (χ2n) is 11.1. The Kier molecular flexibility index (Phi) is 7.30. The zero-order chi connectivity index (χ0) is 29.1. The predicted molar refractivity (Wildman–Crippen MR) is 145 cm³/mol. The van der Waals surface area contributed by atoms with Crippen molar-refractivity contribution in [2.24, 2.45) is 17.6 Å². The van der Waals surface area contributed by atoms with Gasteiger partial charge in [0.05, 0.1) is 11.6 Å². The molecule has 39 heavy (non-hydrogen) atoms. The molecular weight excluding hydrogens is 504 g/mol. The molecule has 1 aromatic rings. The number of aliphatic hydroxyl groups excluding tert-OH is 2. The molecule has 4 rings (SSSR count). The van der Waals surface area contributed by atoms with Crippen LogP contribution in [0.15, 0.2) is 23.0 Å². The lowest BCUT2D eigenvalue weighted by Crippen LogP contribution is -2.65. The van der Waals surface area contributed by atoms with Crippen LogP contribution in [0.4, 0.5) is 5.69 Å². The van der Waals surface area contributed by atoms with E-state index in [-0.39, 0.29) is 29.7 Å². The minimum Gasteiger partial charge on any atom is -0.508 e. The molecule has 212 valence electrons. The van der Waals surface area contributed by atoms with E-state index >= 15 is 0 Å². The number of rotatable bonds is 7. The molecule has 0 bridgehead atoms. The fourth-order valence-electron chi connectivity index (χ4n) is 6.55. The summed E-state index contributed by atoms with van der Waals surface area (Å²) in [6, 6.07) is 0.771. The maximum Gasteiger partial charge on any atom is 0.255 e. The summed E-state index contributed by atoms with van der Waals surface area (Å²) in [5, 5.41) is 45.7. The number of primary amides is 1. The number of anilines is 1. The molecule has 6 N–H and O–H groups in total. The highest BCUT2D eigenvalue weighted by atomic mass is 16.3. The van der Waals surface area contributed by atoms with Gasteiger partial charge in [-0.3, -0.25) is 24.2 Å². The summed E-state index contributed by atoms with van der Waals surface area (Å²) in [6.45, 7) is 5.91. The van der Waals surface area contributed by atoms with Crippen molar-refractivity contribution in [1.82, 2.24) is 9.80 Å². The van der Waals surface area contributed by atoms with E-state index in [9.17, 15) is 34.8 Å². The maximum atomic E-state index is 14.0. The first-order valence-corrected chi connectivity index (χ1v) is 13.1. The number of nitrogens with two attached hydrogens (primary N) is 1. The molecule has 1 fully saturated rings. The number of ketones is 2. The van der Waals surface area contributed by atoms with Crippen LogP contribution >= 0.6 is 0 Å². The topological polar surface area (TPSA) is 168 Å². The average Bonchev–Trinajstić information content (AvgIpc) is 2.85. The van der Waals surface area contributed by atoms with E-state index in [1.54, 1.807) is 14.1 Å². The van der Waals surface area contributed by atoms with Crippen molar-refractivity contribution in [3.05, 3.63) is 39.7 Å². The molecule has 0 aliphatic heterocycles. The fourth-order valence-corrected chi connectivity index (χ4v) is 6.55. The number of benzene rings is 1. The molecule has 11 heteroatoms. The Labute approximate surface area is 227 Å². The summed E-state index contributed by atoms with van der Waals surface area (Å²) in [4.78, 5) is 44.9. The van der Waals surface area contributed by atoms with Crippen LogP contribution < -0.4 is 10.6 Å². The number of aliphatic hydroxyl groups is 3. The molecule has 0 radical (unpaired) electrons. The molecule has 3 aliphatic rings. The summed E-state index contributed by atoms with van der Waals surface area (Å²) in [6.07, 6.45) is 0.307. The molecule has 3 aliphatic carbocycles. The molecule has 0 saturated heterocycles. The van der Waals surface area contributed by atoms with Crippen LogP contribution in [-0.2, 0) is 27.3 Å². The molecule has 4 unspecified atom stereocenters. The highest BCUT2D eigenvalue weighted by molar-refractivity contribution is 6.24. The van der Waals surface area contributed by atoms with Crippen LogP contribution in [0.5, 0.6) is 5.75 Å². The van der Waals surface area contributed by atoms with Crippen molar-refractivity contribution < 1.29 is 34.8 Å². The van der Waals surface area contributed by atoms with Gasteiger partial charge in [0.1, 0.15) is 22.8 Å². The first kappa shape index (κ1) is 28.6. The van der Waals surface area contributed by atoms with Crippen molar-refractivity contribution in [1.29, 1.82) is 0 Å². The van der Waals surface area contributed by atoms with Crippen molar-refractivity contribution in [3.8, 4) is 5.75 Å². The van der Waals surface area contributed by atoms with Crippen molar-refractivity contribution in [2.45, 2.75) is 44.9 Å². The van der Waals surface area contributed by atoms with Gasteiger partial charge in [0.25, 0.3) is 5.91 Å². The quantitative estimate of drug-likeness (QED) is 0.312. The van der Waals surface area contributed by atoms with E-state index in [4.69, 9.17) is 5.73 Å². The largest absolute Gasteiger partial charge is 0.508 e. The van der Waals surface area contributed by atoms with Gasteiger partial charge in [-0.25, -0.2) is 0 Å². The molecule has 4 atom stereocenters. The molecule has 1 saturated carbocycles. The standard InChI is InChI=1S/C28H38N4O7/c1-7-32(8-2)12-14-11-17(30(3)4)15-9-13-10-16-21(31(5)6)24(35)20(27(29)38)26(37)28(16,39)25(36)18(13)23(34)19(15)22(14)33/h11,13,16,21,33-34,37,39H,7-10,12H2,1-6H3,(H2,29,38). The molecule has 0 spiro atoms. The maximum absolute atomic E-state index is 14.0. The number of phenolic OH excluding ortho intramolecular Hbond substituents is 1. The van der Waals surface area contributed by atoms with Crippen LogP contribution in [0.2, 0.25) is 0 Å². The normalized spacial score (nSPS) is 26.6. The molecule has 1 amide bonds. The number of amides is 1. The highest BCUT2D eigenvalue weighted by Crippen LogP contribution is 2.54. The number of fused-ring (bicyclic) bond motifs is 3. The lowest BCUT2D eigenvalue weighted by Gasteiger charge is -2.50. The molecule has 0 aromatic heterocycles. The Morgan fingerprint density at radius 2 is 1.72 bits per heavy atom. The number of aromatic hydroxyl groups is 1. The number of hydrogen-bond acceptors (Lipinski definition) is 10. The Balaban J connectivity index is 1.97. The number of Topliss-reactive ketones (excluding diaryl/α,β-unsaturated/α-hetero) is 2. The average molecular weight is 543 g/mol. The molecular formula is C28H38N4O7. The number of carbonyl (C=O) groups is 3. The molecule has 1 aromatic carbocycles. The number of hydrogen-bond donors (Lipinski definition) is 5. The van der Waals surface area contributed by atoms with Gasteiger partial charge in [-0.2, -0.15) is 0 Å². The summed E-state index contributed by atoms with van der Waals surface area (Å²) in [7, 11) is 6.86. The van der Waals surface area contributed by atoms with Crippen LogP contribution in [0.25, 0.3) is 5.76 Å². The van der Waals surface area contributed by atoms with Gasteiger partial charge in [-0.05, 0) is 57.6 Å². The third kappa shape index (κ3) is 4.11. The summed E-state index contributed by atoms with van der Waals surface area (Å²) >= 11 is 0. The van der Waals surface area contributed by atoms with Gasteiger partial charge >= 0.3 is 0 Å². The monoisotopic (exact) mass is 542 g/mol. The van der Waals surface area contributed by atoms with Gasteiger partial charge < -0.3 is 31.1 Å². The summed E-state index contributed by atoms with van der Waals surface area (Å²) < 4.78 is 0. The van der Waals surface area contributed by atoms with E-state index in [1.165, 1.54) is 4.90 Å². The van der Waals surface area contributed by atoms with Crippen molar-refractivity contribution in [3.63, 3.8) is 0 Å². The van der Waals surface area contributed by atoms with E-state index in [1.807, 2.05) is 38.9 Å². The Bertz CT molecular complexity index is 1310. The zero-order valence-corrected chi connectivity index (χ0v) is 23.3. The van der Waals surface area contributed by atoms with E-state index in [0.29, 0.717) is 17.7 Å². The van der Waals surface area contributed by atoms with Crippen molar-refractivity contribution >= 4 is 28.9 Å². The van der Waals surface area contributed by atoms with Crippen LogP contribution in [0.1, 0.15) is 37.0 Å². The second-order valence-corrected chi connectivity index (χ2v) is 11.1. The number of carbonyl (C=O) groups excluding carboxylic acids is 3. The van der Waals surface area contributed by atoms with Gasteiger partial charge in [0, 0.05) is 43.4 Å². The van der Waals surface area contributed by atoms with Crippen LogP contribution in [0.3, 0.4) is 0 Å². The van der Waals surface area contributed by atoms with Gasteiger partial charge in [-0.15, -0.1) is 0 Å². The summed E-state index contributed by atoms with van der Waals surface area (Å²) in [5.41, 5.74) is 3.85. The first-order valence-electron chi connectivity index (χ1n) is 13.1. The number of phenols is 1. The van der Waals surface area contributed by atoms with Gasteiger partial charge in [-0.1, -0.05) is 13.8 Å². The SMILES string of the molecule is CCN(CC)Cc1cc(N(C)C)c2c(c1O)C(O)=C1C(=O)C3(O)C(O)=C(C(N)=O)C(=O)C(N(C)C)C3CC1C2. The predicted octanol–water partition coefficient (Wildman–Crippen LogP) is 0.872.